The van der Waals surface area contributed by atoms with Crippen LogP contribution in [0, 0.1) is 5.92 Å². The average Bonchev–Trinajstić information content (AvgIpc) is 2.36. The van der Waals surface area contributed by atoms with Crippen LogP contribution in [0.25, 0.3) is 0 Å². The van der Waals surface area contributed by atoms with Crippen LogP contribution >= 0.6 is 11.6 Å². The maximum absolute atomic E-state index is 11.5. The number of carbonyl (C=O) groups is 1. The molecule has 1 aromatic carbocycles. The average molecular weight is 270 g/mol. The van der Waals surface area contributed by atoms with E-state index in [1.165, 1.54) is 7.11 Å². The minimum atomic E-state index is -0.180. The van der Waals surface area contributed by atoms with Crippen molar-refractivity contribution in [1.29, 1.82) is 0 Å². The van der Waals surface area contributed by atoms with Crippen molar-refractivity contribution in [3.8, 4) is 0 Å². The number of carbonyl (C=O) groups excluding carboxylic acids is 1. The molecular weight excluding hydrogens is 250 g/mol. The molecule has 0 saturated carbocycles. The van der Waals surface area contributed by atoms with E-state index in [2.05, 4.69) is 4.90 Å². The highest BCUT2D eigenvalue weighted by atomic mass is 35.5. The second-order valence-corrected chi connectivity index (χ2v) is 5.03. The summed E-state index contributed by atoms with van der Waals surface area (Å²) in [7, 11) is 3.41. The Morgan fingerprint density at radius 1 is 1.44 bits per heavy atom. The van der Waals surface area contributed by atoms with Gasteiger partial charge in [0.25, 0.3) is 0 Å². The van der Waals surface area contributed by atoms with E-state index >= 15 is 0 Å². The molecule has 0 spiro atoms. The second-order valence-electron chi connectivity index (χ2n) is 4.60. The Balaban J connectivity index is 2.65. The van der Waals surface area contributed by atoms with Crippen molar-refractivity contribution in [3.63, 3.8) is 0 Å². The first-order chi connectivity index (χ1) is 8.45. The smallest absolute Gasteiger partial charge is 0.309 e. The zero-order chi connectivity index (χ0) is 13.7. The third-order valence-corrected chi connectivity index (χ3v) is 3.55. The van der Waals surface area contributed by atoms with E-state index < -0.39 is 0 Å². The van der Waals surface area contributed by atoms with Gasteiger partial charge in [-0.05, 0) is 31.7 Å². The minimum absolute atomic E-state index is 0.108. The second kappa shape index (κ2) is 6.76. The number of methoxy groups -OCH3 is 1. The molecule has 2 unspecified atom stereocenters. The number of esters is 1. The number of rotatable bonds is 5. The molecule has 0 radical (unpaired) electrons. The zero-order valence-corrected chi connectivity index (χ0v) is 12.1. The first-order valence-corrected chi connectivity index (χ1v) is 6.36. The van der Waals surface area contributed by atoms with Crippen LogP contribution in [-0.4, -0.2) is 31.1 Å². The lowest BCUT2D eigenvalue weighted by Gasteiger charge is -2.28. The first kappa shape index (κ1) is 15.0. The summed E-state index contributed by atoms with van der Waals surface area (Å²) in [5.41, 5.74) is 1.13. The Kier molecular flexibility index (Phi) is 5.63. The lowest BCUT2D eigenvalue weighted by atomic mass is 10.0. The lowest BCUT2D eigenvalue weighted by molar-refractivity contribution is -0.146. The quantitative estimate of drug-likeness (QED) is 0.770. The Morgan fingerprint density at radius 3 is 2.67 bits per heavy atom. The number of halogens is 1. The summed E-state index contributed by atoms with van der Waals surface area (Å²) in [5.74, 6) is -0.334. The van der Waals surface area contributed by atoms with Crippen LogP contribution in [0.15, 0.2) is 24.3 Å². The van der Waals surface area contributed by atoms with E-state index in [1.807, 2.05) is 45.2 Å². The van der Waals surface area contributed by atoms with Crippen molar-refractivity contribution in [1.82, 2.24) is 4.90 Å². The van der Waals surface area contributed by atoms with Crippen molar-refractivity contribution >= 4 is 17.6 Å². The van der Waals surface area contributed by atoms with Crippen LogP contribution in [0.2, 0.25) is 5.02 Å². The van der Waals surface area contributed by atoms with Gasteiger partial charge in [-0.25, -0.2) is 0 Å². The summed E-state index contributed by atoms with van der Waals surface area (Å²) < 4.78 is 4.77. The molecular formula is C14H20ClNO2. The molecule has 2 atom stereocenters. The van der Waals surface area contributed by atoms with E-state index in [0.717, 1.165) is 17.1 Å². The van der Waals surface area contributed by atoms with Crippen molar-refractivity contribution < 1.29 is 9.53 Å². The van der Waals surface area contributed by atoms with E-state index in [1.54, 1.807) is 0 Å². The van der Waals surface area contributed by atoms with E-state index in [9.17, 15) is 4.79 Å². The number of hydrogen-bond donors (Lipinski definition) is 0. The highest BCUT2D eigenvalue weighted by Gasteiger charge is 2.24. The van der Waals surface area contributed by atoms with Crippen LogP contribution in [0.1, 0.15) is 19.4 Å². The molecule has 0 bridgehead atoms. The number of hydrogen-bond acceptors (Lipinski definition) is 3. The Bertz CT molecular complexity index is 409. The van der Waals surface area contributed by atoms with Gasteiger partial charge in [-0.15, -0.1) is 0 Å². The predicted octanol–water partition coefficient (Wildman–Crippen LogP) is 2.97. The zero-order valence-electron chi connectivity index (χ0n) is 11.3. The van der Waals surface area contributed by atoms with Gasteiger partial charge in [-0.3, -0.25) is 9.69 Å². The van der Waals surface area contributed by atoms with Gasteiger partial charge in [-0.1, -0.05) is 30.7 Å². The molecule has 18 heavy (non-hydrogen) atoms. The number of benzene rings is 1. The summed E-state index contributed by atoms with van der Waals surface area (Å²) in [4.78, 5) is 13.6. The van der Waals surface area contributed by atoms with Gasteiger partial charge in [0.15, 0.2) is 0 Å². The monoisotopic (exact) mass is 269 g/mol. The van der Waals surface area contributed by atoms with Crippen LogP contribution in [0.3, 0.4) is 0 Å². The molecule has 0 saturated heterocycles. The van der Waals surface area contributed by atoms with Crippen LogP contribution in [0.5, 0.6) is 0 Å². The van der Waals surface area contributed by atoms with Gasteiger partial charge in [0, 0.05) is 17.6 Å². The highest BCUT2D eigenvalue weighted by molar-refractivity contribution is 6.30. The largest absolute Gasteiger partial charge is 0.469 e. The normalized spacial score (nSPS) is 14.3. The van der Waals surface area contributed by atoms with E-state index in [0.29, 0.717) is 0 Å². The van der Waals surface area contributed by atoms with Crippen LogP contribution in [0.4, 0.5) is 0 Å². The fourth-order valence-electron chi connectivity index (χ4n) is 1.83. The molecule has 4 heteroatoms. The topological polar surface area (TPSA) is 29.5 Å². The summed E-state index contributed by atoms with van der Waals surface area (Å²) in [5, 5.41) is 0.731. The minimum Gasteiger partial charge on any atom is -0.469 e. The summed E-state index contributed by atoms with van der Waals surface area (Å²) in [6.07, 6.45) is 0. The van der Waals surface area contributed by atoms with Gasteiger partial charge in [-0.2, -0.15) is 0 Å². The maximum Gasteiger partial charge on any atom is 0.309 e. The maximum atomic E-state index is 11.5. The van der Waals surface area contributed by atoms with E-state index in [4.69, 9.17) is 16.3 Å². The molecule has 1 rings (SSSR count). The first-order valence-electron chi connectivity index (χ1n) is 5.98. The molecule has 0 aliphatic rings. The van der Waals surface area contributed by atoms with E-state index in [-0.39, 0.29) is 17.9 Å². The Hall–Kier alpha value is -1.06. The standard InChI is InChI=1S/C14H20ClNO2/c1-10(14(17)18-4)11(2)16(3)9-12-6-5-7-13(15)8-12/h5-8,10-11H,9H2,1-4H3. The lowest BCUT2D eigenvalue weighted by Crippen LogP contribution is -2.37. The molecule has 0 N–H and O–H groups in total. The third-order valence-electron chi connectivity index (χ3n) is 3.31. The summed E-state index contributed by atoms with van der Waals surface area (Å²) in [6, 6.07) is 7.85. The number of nitrogens with zero attached hydrogens (tertiary/aromatic N) is 1. The molecule has 0 fully saturated rings. The molecule has 1 aromatic rings. The van der Waals surface area contributed by atoms with Gasteiger partial charge in [0.2, 0.25) is 0 Å². The Morgan fingerprint density at radius 2 is 2.11 bits per heavy atom. The van der Waals surface area contributed by atoms with Gasteiger partial charge >= 0.3 is 5.97 Å². The molecule has 100 valence electrons. The molecule has 0 heterocycles. The molecule has 0 amide bonds. The predicted molar refractivity (Wildman–Crippen MR) is 73.6 cm³/mol. The number of ether oxygens (including phenoxy) is 1. The van der Waals surface area contributed by atoms with Crippen LogP contribution < -0.4 is 0 Å². The van der Waals surface area contributed by atoms with Crippen LogP contribution in [-0.2, 0) is 16.1 Å². The molecule has 0 aromatic heterocycles. The third kappa shape index (κ3) is 4.00. The van der Waals surface area contributed by atoms with Crippen molar-refractivity contribution in [3.05, 3.63) is 34.9 Å². The molecule has 0 aliphatic carbocycles. The molecule has 3 nitrogen and oxygen atoms in total. The SMILES string of the molecule is COC(=O)C(C)C(C)N(C)Cc1cccc(Cl)c1. The van der Waals surface area contributed by atoms with Gasteiger partial charge in [0.1, 0.15) is 0 Å². The fraction of sp³-hybridized carbons (Fsp3) is 0.500. The summed E-state index contributed by atoms with van der Waals surface area (Å²) >= 11 is 5.95. The van der Waals surface area contributed by atoms with Crippen molar-refractivity contribution in [2.24, 2.45) is 5.92 Å². The van der Waals surface area contributed by atoms with Crippen molar-refractivity contribution in [2.45, 2.75) is 26.4 Å². The highest BCUT2D eigenvalue weighted by Crippen LogP contribution is 2.16. The Labute approximate surface area is 114 Å². The van der Waals surface area contributed by atoms with Gasteiger partial charge < -0.3 is 4.74 Å². The summed E-state index contributed by atoms with van der Waals surface area (Å²) in [6.45, 7) is 4.65. The fourth-order valence-corrected chi connectivity index (χ4v) is 2.04. The molecule has 0 aliphatic heterocycles. The van der Waals surface area contributed by atoms with Gasteiger partial charge in [0.05, 0.1) is 13.0 Å². The van der Waals surface area contributed by atoms with Crippen molar-refractivity contribution in [2.75, 3.05) is 14.2 Å².